The highest BCUT2D eigenvalue weighted by molar-refractivity contribution is 6.12. The number of hydrogen-bond donors (Lipinski definition) is 1. The molecule has 0 saturated heterocycles. The van der Waals surface area contributed by atoms with Crippen LogP contribution in [-0.4, -0.2) is 65.4 Å². The SMILES string of the molecule is CCN(CCOc1ccc(C[C@H](Nc2ccccc2C(=O)c2ccccc2)C(=O)OC)cc1)C(=O)c1cnc2ccccc2n1. The molecular weight excluding hydrogens is 568 g/mol. The second kappa shape index (κ2) is 14.7. The van der Waals surface area contributed by atoms with Crippen LogP contribution >= 0.6 is 0 Å². The van der Waals surface area contributed by atoms with Crippen molar-refractivity contribution in [3.8, 4) is 5.75 Å². The lowest BCUT2D eigenvalue weighted by molar-refractivity contribution is -0.141. The minimum Gasteiger partial charge on any atom is -0.492 e. The number of amides is 1. The molecule has 0 aliphatic heterocycles. The van der Waals surface area contributed by atoms with Crippen molar-refractivity contribution in [1.29, 1.82) is 0 Å². The lowest BCUT2D eigenvalue weighted by Gasteiger charge is -2.21. The number of nitrogens with zero attached hydrogens (tertiary/aromatic N) is 3. The fourth-order valence-corrected chi connectivity index (χ4v) is 4.93. The number of methoxy groups -OCH3 is 1. The fraction of sp³-hybridized carbons (Fsp3) is 0.194. The molecule has 5 rings (SSSR count). The van der Waals surface area contributed by atoms with Crippen LogP contribution in [0.1, 0.15) is 38.9 Å². The van der Waals surface area contributed by atoms with E-state index in [9.17, 15) is 14.4 Å². The summed E-state index contributed by atoms with van der Waals surface area (Å²) in [5, 5.41) is 3.23. The molecule has 1 aromatic heterocycles. The fourth-order valence-electron chi connectivity index (χ4n) is 4.93. The maximum atomic E-state index is 13.2. The zero-order chi connectivity index (χ0) is 31.6. The third-order valence-electron chi connectivity index (χ3n) is 7.35. The van der Waals surface area contributed by atoms with Crippen molar-refractivity contribution in [2.45, 2.75) is 19.4 Å². The van der Waals surface area contributed by atoms with Crippen molar-refractivity contribution < 1.29 is 23.9 Å². The molecule has 228 valence electrons. The second-order valence-electron chi connectivity index (χ2n) is 10.3. The van der Waals surface area contributed by atoms with E-state index in [0.717, 1.165) is 11.1 Å². The quantitative estimate of drug-likeness (QED) is 0.137. The van der Waals surface area contributed by atoms with E-state index in [2.05, 4.69) is 15.3 Å². The third kappa shape index (κ3) is 7.69. The van der Waals surface area contributed by atoms with E-state index in [4.69, 9.17) is 9.47 Å². The summed E-state index contributed by atoms with van der Waals surface area (Å²) in [6.45, 7) is 3.07. The highest BCUT2D eigenvalue weighted by Gasteiger charge is 2.23. The standard InChI is InChI=1S/C36H34N4O5/c1-3-40(35(42)33-24-37-30-15-9-10-16-31(30)39-33)21-22-45-27-19-17-25(18-20-27)23-32(36(43)44-2)38-29-14-8-7-13-28(29)34(41)26-11-5-4-6-12-26/h4-20,24,32,38H,3,21-23H2,1-2H3/t32-/m0/s1. The molecule has 1 amide bonds. The van der Waals surface area contributed by atoms with Crippen LogP contribution in [0.5, 0.6) is 5.75 Å². The molecule has 0 radical (unpaired) electrons. The summed E-state index contributed by atoms with van der Waals surface area (Å²) in [6.07, 6.45) is 1.83. The Morgan fingerprint density at radius 2 is 1.53 bits per heavy atom. The molecule has 0 aliphatic carbocycles. The number of rotatable bonds is 13. The maximum Gasteiger partial charge on any atom is 0.328 e. The summed E-state index contributed by atoms with van der Waals surface area (Å²) in [4.78, 5) is 49.5. The number of benzene rings is 4. The summed E-state index contributed by atoms with van der Waals surface area (Å²) in [7, 11) is 1.34. The van der Waals surface area contributed by atoms with E-state index in [0.29, 0.717) is 59.9 Å². The maximum absolute atomic E-state index is 13.2. The van der Waals surface area contributed by atoms with Gasteiger partial charge in [-0.25, -0.2) is 9.78 Å². The van der Waals surface area contributed by atoms with E-state index >= 15 is 0 Å². The Hall–Kier alpha value is -5.57. The average Bonchev–Trinajstić information content (AvgIpc) is 3.10. The van der Waals surface area contributed by atoms with Crippen molar-refractivity contribution in [2.75, 3.05) is 32.1 Å². The van der Waals surface area contributed by atoms with Crippen LogP contribution in [0.25, 0.3) is 11.0 Å². The van der Waals surface area contributed by atoms with Gasteiger partial charge in [0.25, 0.3) is 5.91 Å². The first-order valence-electron chi connectivity index (χ1n) is 14.7. The normalized spacial score (nSPS) is 11.4. The molecule has 5 aromatic rings. The predicted octanol–water partition coefficient (Wildman–Crippen LogP) is 5.60. The summed E-state index contributed by atoms with van der Waals surface area (Å²) in [5.41, 5.74) is 4.15. The van der Waals surface area contributed by atoms with Gasteiger partial charge >= 0.3 is 5.97 Å². The van der Waals surface area contributed by atoms with Crippen LogP contribution in [0.4, 0.5) is 5.69 Å². The number of aromatic nitrogens is 2. The van der Waals surface area contributed by atoms with Gasteiger partial charge in [0, 0.05) is 29.8 Å². The number of para-hydroxylation sites is 3. The van der Waals surface area contributed by atoms with Crippen molar-refractivity contribution in [3.05, 3.63) is 132 Å². The number of ketones is 1. The topological polar surface area (TPSA) is 111 Å². The van der Waals surface area contributed by atoms with E-state index in [1.54, 1.807) is 35.2 Å². The Morgan fingerprint density at radius 1 is 0.844 bits per heavy atom. The van der Waals surface area contributed by atoms with Gasteiger partial charge in [0.2, 0.25) is 0 Å². The van der Waals surface area contributed by atoms with Crippen LogP contribution in [0, 0.1) is 0 Å². The van der Waals surface area contributed by atoms with Crippen LogP contribution in [0.15, 0.2) is 109 Å². The molecule has 45 heavy (non-hydrogen) atoms. The van der Waals surface area contributed by atoms with Gasteiger partial charge in [-0.15, -0.1) is 0 Å². The zero-order valence-electron chi connectivity index (χ0n) is 25.2. The van der Waals surface area contributed by atoms with Crippen LogP contribution in [-0.2, 0) is 16.0 Å². The van der Waals surface area contributed by atoms with Crippen LogP contribution in [0.2, 0.25) is 0 Å². The first-order valence-corrected chi connectivity index (χ1v) is 14.7. The lowest BCUT2D eigenvalue weighted by atomic mass is 10.00. The second-order valence-corrected chi connectivity index (χ2v) is 10.3. The first-order chi connectivity index (χ1) is 22.0. The summed E-state index contributed by atoms with van der Waals surface area (Å²) in [5.74, 6) is -0.160. The van der Waals surface area contributed by atoms with Gasteiger partial charge < -0.3 is 19.7 Å². The number of anilines is 1. The molecule has 4 aromatic carbocycles. The Kier molecular flexibility index (Phi) is 10.1. The summed E-state index contributed by atoms with van der Waals surface area (Å²) in [6, 6.07) is 30.2. The molecule has 9 nitrogen and oxygen atoms in total. The molecule has 0 fully saturated rings. The minimum atomic E-state index is -0.728. The minimum absolute atomic E-state index is 0.141. The average molecular weight is 603 g/mol. The molecule has 0 spiro atoms. The Labute approximate surface area is 261 Å². The number of carbonyl (C=O) groups excluding carboxylic acids is 3. The Morgan fingerprint density at radius 3 is 2.27 bits per heavy atom. The summed E-state index contributed by atoms with van der Waals surface area (Å²) >= 11 is 0. The molecule has 9 heteroatoms. The van der Waals surface area contributed by atoms with Gasteiger partial charge in [-0.2, -0.15) is 0 Å². The Balaban J connectivity index is 1.20. The van der Waals surface area contributed by atoms with E-state index < -0.39 is 12.0 Å². The smallest absolute Gasteiger partial charge is 0.328 e. The van der Waals surface area contributed by atoms with Crippen molar-refractivity contribution in [2.24, 2.45) is 0 Å². The van der Waals surface area contributed by atoms with E-state index in [-0.39, 0.29) is 11.7 Å². The van der Waals surface area contributed by atoms with Crippen molar-refractivity contribution in [1.82, 2.24) is 14.9 Å². The molecule has 1 N–H and O–H groups in total. The van der Waals surface area contributed by atoms with Gasteiger partial charge in [0.1, 0.15) is 24.1 Å². The molecule has 0 aliphatic rings. The molecule has 0 bridgehead atoms. The monoisotopic (exact) mass is 602 g/mol. The zero-order valence-corrected chi connectivity index (χ0v) is 25.2. The number of nitrogens with one attached hydrogen (secondary N) is 1. The largest absolute Gasteiger partial charge is 0.492 e. The van der Waals surface area contributed by atoms with Crippen LogP contribution < -0.4 is 10.1 Å². The van der Waals surface area contributed by atoms with E-state index in [1.807, 2.05) is 79.7 Å². The molecule has 0 unspecified atom stereocenters. The highest BCUT2D eigenvalue weighted by atomic mass is 16.5. The van der Waals surface area contributed by atoms with Crippen LogP contribution in [0.3, 0.4) is 0 Å². The molecule has 1 atom stereocenters. The van der Waals surface area contributed by atoms with Gasteiger partial charge in [-0.1, -0.05) is 66.7 Å². The number of esters is 1. The number of fused-ring (bicyclic) bond motifs is 1. The number of ether oxygens (including phenoxy) is 2. The van der Waals surface area contributed by atoms with E-state index in [1.165, 1.54) is 13.3 Å². The Bertz CT molecular complexity index is 1780. The van der Waals surface area contributed by atoms with Gasteiger partial charge in [0.15, 0.2) is 5.78 Å². The third-order valence-corrected chi connectivity index (χ3v) is 7.35. The molecule has 1 heterocycles. The van der Waals surface area contributed by atoms with Gasteiger partial charge in [-0.3, -0.25) is 14.6 Å². The van der Waals surface area contributed by atoms with Crippen molar-refractivity contribution >= 4 is 34.4 Å². The molecular formula is C36H34N4O5. The summed E-state index contributed by atoms with van der Waals surface area (Å²) < 4.78 is 11.0. The van der Waals surface area contributed by atoms with Crippen molar-refractivity contribution in [3.63, 3.8) is 0 Å². The lowest BCUT2D eigenvalue weighted by Crippen LogP contribution is -2.35. The number of likely N-dealkylation sites (N-methyl/N-ethyl adjacent to an activating group) is 1. The number of hydrogen-bond acceptors (Lipinski definition) is 8. The first kappa shape index (κ1) is 30.9. The predicted molar refractivity (Wildman–Crippen MR) is 172 cm³/mol. The molecule has 0 saturated carbocycles. The van der Waals surface area contributed by atoms with Gasteiger partial charge in [-0.05, 0) is 48.9 Å². The highest BCUT2D eigenvalue weighted by Crippen LogP contribution is 2.22. The number of carbonyl (C=O) groups is 3. The van der Waals surface area contributed by atoms with Gasteiger partial charge in [0.05, 0.1) is 30.9 Å².